The monoisotopic (exact) mass is 441 g/mol. The van der Waals surface area contributed by atoms with Crippen LogP contribution < -0.4 is 15.0 Å². The van der Waals surface area contributed by atoms with E-state index in [2.05, 4.69) is 29.2 Å². The summed E-state index contributed by atoms with van der Waals surface area (Å²) in [7, 11) is 1.65. The van der Waals surface area contributed by atoms with Crippen LogP contribution in [-0.4, -0.2) is 34.8 Å². The van der Waals surface area contributed by atoms with Gasteiger partial charge in [0.05, 0.1) is 24.0 Å². The number of nitrogens with zero attached hydrogens (tertiary/aromatic N) is 4. The first-order chi connectivity index (χ1) is 15.2. The van der Waals surface area contributed by atoms with Gasteiger partial charge in [0.2, 0.25) is 0 Å². The summed E-state index contributed by atoms with van der Waals surface area (Å²) in [5, 5.41) is 8.85. The Morgan fingerprint density at radius 2 is 1.90 bits per heavy atom. The minimum absolute atomic E-state index is 0.465. The Balaban J connectivity index is 1.88. The topological polar surface area (TPSA) is 54.7 Å². The van der Waals surface area contributed by atoms with Gasteiger partial charge in [-0.05, 0) is 43.7 Å². The molecule has 1 aliphatic carbocycles. The summed E-state index contributed by atoms with van der Waals surface area (Å²) >= 11 is 6.57. The molecule has 0 radical (unpaired) electrons. The fraction of sp³-hybridized carbons (Fsp3) is 0.500. The molecule has 2 heterocycles. The first kappa shape index (κ1) is 21.8. The van der Waals surface area contributed by atoms with Crippen molar-refractivity contribution in [1.82, 2.24) is 14.6 Å². The van der Waals surface area contributed by atoms with Crippen LogP contribution >= 0.6 is 11.6 Å². The number of fused-ring (bicyclic) bond motifs is 1. The minimum atomic E-state index is 0.465. The zero-order chi connectivity index (χ0) is 21.8. The largest absolute Gasteiger partial charge is 0.497 e. The molecular formula is C24H32ClN5O. The zero-order valence-electron chi connectivity index (χ0n) is 18.7. The predicted molar refractivity (Wildman–Crippen MR) is 128 cm³/mol. The van der Waals surface area contributed by atoms with Crippen molar-refractivity contribution < 1.29 is 4.74 Å². The minimum Gasteiger partial charge on any atom is -0.497 e. The maximum atomic E-state index is 6.57. The molecule has 1 fully saturated rings. The van der Waals surface area contributed by atoms with Crippen LogP contribution in [0.25, 0.3) is 5.65 Å². The van der Waals surface area contributed by atoms with E-state index in [0.29, 0.717) is 10.9 Å². The number of benzene rings is 1. The highest BCUT2D eigenvalue weighted by Gasteiger charge is 2.29. The molecule has 0 aliphatic heterocycles. The van der Waals surface area contributed by atoms with E-state index in [4.69, 9.17) is 21.3 Å². The molecule has 0 bridgehead atoms. The average Bonchev–Trinajstić information content (AvgIpc) is 3.46. The van der Waals surface area contributed by atoms with E-state index in [1.807, 2.05) is 35.0 Å². The Kier molecular flexibility index (Phi) is 6.86. The standard InChI is InChI=1S/C24H32ClN5O/c1-4-14-29(15-5-2)24-22(17-8-6-7-9-17)23(28-21-12-13-26-30(21)24)27-20-11-10-18(31-3)16-19(20)25/h10-13,16-17H,4-9,14-15H2,1-3H3,(H,27,28). The third-order valence-electron chi connectivity index (χ3n) is 6.03. The van der Waals surface area contributed by atoms with E-state index < -0.39 is 0 Å². The lowest BCUT2D eigenvalue weighted by atomic mass is 9.97. The van der Waals surface area contributed by atoms with Gasteiger partial charge in [-0.3, -0.25) is 0 Å². The van der Waals surface area contributed by atoms with E-state index in [1.54, 1.807) is 7.11 Å². The third-order valence-corrected chi connectivity index (χ3v) is 6.34. The lowest BCUT2D eigenvalue weighted by molar-refractivity contribution is 0.415. The Morgan fingerprint density at radius 1 is 1.16 bits per heavy atom. The molecule has 1 aliphatic rings. The molecular weight excluding hydrogens is 410 g/mol. The number of ether oxygens (including phenoxy) is 1. The number of hydrogen-bond acceptors (Lipinski definition) is 5. The molecule has 0 saturated heterocycles. The fourth-order valence-corrected chi connectivity index (χ4v) is 4.86. The number of hydrogen-bond donors (Lipinski definition) is 1. The summed E-state index contributed by atoms with van der Waals surface area (Å²) in [6, 6.07) is 7.68. The molecule has 0 atom stereocenters. The smallest absolute Gasteiger partial charge is 0.159 e. The van der Waals surface area contributed by atoms with Crippen molar-refractivity contribution in [2.45, 2.75) is 58.3 Å². The molecule has 0 spiro atoms. The van der Waals surface area contributed by atoms with Gasteiger partial charge in [0.1, 0.15) is 17.4 Å². The molecule has 2 aromatic heterocycles. The van der Waals surface area contributed by atoms with Crippen LogP contribution in [0.15, 0.2) is 30.5 Å². The SMILES string of the molecule is CCCN(CCC)c1c(C2CCCC2)c(Nc2ccc(OC)cc2Cl)nc2ccnn12. The van der Waals surface area contributed by atoms with E-state index >= 15 is 0 Å². The summed E-state index contributed by atoms with van der Waals surface area (Å²) < 4.78 is 7.34. The summed E-state index contributed by atoms with van der Waals surface area (Å²) in [5.41, 5.74) is 2.95. The van der Waals surface area contributed by atoms with Gasteiger partial charge in [-0.2, -0.15) is 9.61 Å². The number of anilines is 3. The molecule has 7 heteroatoms. The quantitative estimate of drug-likeness (QED) is 0.415. The number of nitrogens with one attached hydrogen (secondary N) is 1. The summed E-state index contributed by atoms with van der Waals surface area (Å²) in [6.07, 6.45) is 8.88. The van der Waals surface area contributed by atoms with Crippen molar-refractivity contribution in [1.29, 1.82) is 0 Å². The Morgan fingerprint density at radius 3 is 2.55 bits per heavy atom. The zero-order valence-corrected chi connectivity index (χ0v) is 19.5. The predicted octanol–water partition coefficient (Wildman–Crippen LogP) is 6.42. The molecule has 166 valence electrons. The number of aromatic nitrogens is 3. The van der Waals surface area contributed by atoms with Gasteiger partial charge in [-0.1, -0.05) is 38.3 Å². The molecule has 1 N–H and O–H groups in total. The highest BCUT2D eigenvalue weighted by molar-refractivity contribution is 6.33. The highest BCUT2D eigenvalue weighted by Crippen LogP contribution is 2.44. The van der Waals surface area contributed by atoms with Crippen LogP contribution in [0.5, 0.6) is 5.75 Å². The molecule has 0 amide bonds. The first-order valence-electron chi connectivity index (χ1n) is 11.4. The summed E-state index contributed by atoms with van der Waals surface area (Å²) in [5.74, 6) is 3.27. The second-order valence-electron chi connectivity index (χ2n) is 8.24. The van der Waals surface area contributed by atoms with Crippen LogP contribution in [0.4, 0.5) is 17.3 Å². The summed E-state index contributed by atoms with van der Waals surface area (Å²) in [4.78, 5) is 7.48. The van der Waals surface area contributed by atoms with Crippen molar-refractivity contribution in [3.05, 3.63) is 41.0 Å². The van der Waals surface area contributed by atoms with Crippen LogP contribution in [0.2, 0.25) is 5.02 Å². The van der Waals surface area contributed by atoms with E-state index in [9.17, 15) is 0 Å². The number of rotatable bonds is 9. The second-order valence-corrected chi connectivity index (χ2v) is 8.65. The van der Waals surface area contributed by atoms with Crippen molar-refractivity contribution in [3.63, 3.8) is 0 Å². The van der Waals surface area contributed by atoms with Crippen LogP contribution in [0.3, 0.4) is 0 Å². The lowest BCUT2D eigenvalue weighted by Gasteiger charge is -2.30. The number of methoxy groups -OCH3 is 1. The van der Waals surface area contributed by atoms with Gasteiger partial charge >= 0.3 is 0 Å². The third kappa shape index (κ3) is 4.45. The Labute approximate surface area is 189 Å². The lowest BCUT2D eigenvalue weighted by Crippen LogP contribution is -2.29. The fourth-order valence-electron chi connectivity index (χ4n) is 4.64. The Hall–Kier alpha value is -2.47. The summed E-state index contributed by atoms with van der Waals surface area (Å²) in [6.45, 7) is 6.45. The molecule has 6 nitrogen and oxygen atoms in total. The molecule has 3 aromatic rings. The van der Waals surface area contributed by atoms with Crippen molar-refractivity contribution in [3.8, 4) is 5.75 Å². The van der Waals surface area contributed by atoms with E-state index in [-0.39, 0.29) is 0 Å². The van der Waals surface area contributed by atoms with Gasteiger partial charge in [-0.15, -0.1) is 0 Å². The Bertz CT molecular complexity index is 1020. The maximum Gasteiger partial charge on any atom is 0.159 e. The number of halogens is 1. The van der Waals surface area contributed by atoms with Gasteiger partial charge < -0.3 is 15.0 Å². The van der Waals surface area contributed by atoms with Crippen LogP contribution in [-0.2, 0) is 0 Å². The molecule has 4 rings (SSSR count). The first-order valence-corrected chi connectivity index (χ1v) is 11.8. The maximum absolute atomic E-state index is 6.57. The van der Waals surface area contributed by atoms with Crippen molar-refractivity contribution in [2.75, 3.05) is 30.4 Å². The van der Waals surface area contributed by atoms with Gasteiger partial charge in [0.15, 0.2) is 5.65 Å². The molecule has 1 saturated carbocycles. The van der Waals surface area contributed by atoms with E-state index in [1.165, 1.54) is 37.1 Å². The van der Waals surface area contributed by atoms with Gasteiger partial charge in [0, 0.05) is 30.8 Å². The van der Waals surface area contributed by atoms with Crippen molar-refractivity contribution >= 4 is 34.6 Å². The molecule has 0 unspecified atom stereocenters. The molecule has 31 heavy (non-hydrogen) atoms. The molecule has 1 aromatic carbocycles. The van der Waals surface area contributed by atoms with Crippen LogP contribution in [0, 0.1) is 0 Å². The van der Waals surface area contributed by atoms with E-state index in [0.717, 1.165) is 48.8 Å². The van der Waals surface area contributed by atoms with Gasteiger partial charge in [0.25, 0.3) is 0 Å². The average molecular weight is 442 g/mol. The second kappa shape index (κ2) is 9.77. The highest BCUT2D eigenvalue weighted by atomic mass is 35.5. The van der Waals surface area contributed by atoms with Gasteiger partial charge in [-0.25, -0.2) is 4.98 Å². The van der Waals surface area contributed by atoms with Crippen molar-refractivity contribution in [2.24, 2.45) is 0 Å². The van der Waals surface area contributed by atoms with Crippen LogP contribution in [0.1, 0.15) is 63.9 Å². The normalized spacial score (nSPS) is 14.3.